The van der Waals surface area contributed by atoms with Crippen molar-refractivity contribution in [2.75, 3.05) is 20.2 Å². The highest BCUT2D eigenvalue weighted by atomic mass is 19.4. The second-order valence-corrected chi connectivity index (χ2v) is 8.45. The van der Waals surface area contributed by atoms with Crippen LogP contribution in [0.4, 0.5) is 13.2 Å². The molecule has 0 atom stereocenters. The zero-order valence-electron chi connectivity index (χ0n) is 20.4. The molecule has 2 heterocycles. The van der Waals surface area contributed by atoms with Gasteiger partial charge in [0.25, 0.3) is 5.91 Å². The van der Waals surface area contributed by atoms with Crippen LogP contribution in [0.5, 0.6) is 5.88 Å². The summed E-state index contributed by atoms with van der Waals surface area (Å²) in [7, 11) is 1.55. The van der Waals surface area contributed by atoms with Gasteiger partial charge in [-0.3, -0.25) is 10.2 Å². The van der Waals surface area contributed by atoms with E-state index in [1.807, 2.05) is 53.4 Å². The molecule has 200 valence electrons. The Bertz CT molecular complexity index is 1270. The summed E-state index contributed by atoms with van der Waals surface area (Å²) in [6, 6.07) is 18.9. The van der Waals surface area contributed by atoms with Crippen molar-refractivity contribution in [1.82, 2.24) is 15.1 Å². The molecule has 2 aromatic carbocycles. The van der Waals surface area contributed by atoms with Gasteiger partial charge in [0.1, 0.15) is 5.84 Å². The zero-order valence-corrected chi connectivity index (χ0v) is 20.4. The molecule has 38 heavy (non-hydrogen) atoms. The van der Waals surface area contributed by atoms with E-state index < -0.39 is 12.1 Å². The van der Waals surface area contributed by atoms with Crippen molar-refractivity contribution in [3.05, 3.63) is 77.4 Å². The van der Waals surface area contributed by atoms with Crippen LogP contribution in [0.1, 0.15) is 40.2 Å². The number of methoxy groups -OCH3 is 1. The molecule has 1 aromatic heterocycles. The van der Waals surface area contributed by atoms with Crippen molar-refractivity contribution < 1.29 is 32.6 Å². The third-order valence-electron chi connectivity index (χ3n) is 5.97. The van der Waals surface area contributed by atoms with Gasteiger partial charge in [0.15, 0.2) is 0 Å². The number of carbonyl (C=O) groups is 2. The SMILES string of the molecule is COc1ccc(-c2ccc(C(=O)N3CCC(c4cccc(C(=N)N)c4)CC3)cc2)nn1.O=C(O)C(F)(F)F. The van der Waals surface area contributed by atoms with Gasteiger partial charge in [-0.2, -0.15) is 13.2 Å². The third-order valence-corrected chi connectivity index (χ3v) is 5.97. The quantitative estimate of drug-likeness (QED) is 0.334. The van der Waals surface area contributed by atoms with Gasteiger partial charge in [0.2, 0.25) is 5.88 Å². The summed E-state index contributed by atoms with van der Waals surface area (Å²) in [6.07, 6.45) is -3.29. The first-order valence-corrected chi connectivity index (χ1v) is 11.5. The van der Waals surface area contributed by atoms with E-state index in [1.165, 1.54) is 5.56 Å². The molecule has 4 N–H and O–H groups in total. The number of hydrogen-bond donors (Lipinski definition) is 3. The second-order valence-electron chi connectivity index (χ2n) is 8.45. The first-order chi connectivity index (χ1) is 18.0. The minimum absolute atomic E-state index is 0.0447. The molecule has 0 spiro atoms. The van der Waals surface area contributed by atoms with E-state index in [0.717, 1.165) is 29.7 Å². The zero-order chi connectivity index (χ0) is 27.9. The van der Waals surface area contributed by atoms with Gasteiger partial charge in [-0.25, -0.2) is 4.79 Å². The Morgan fingerprint density at radius 2 is 1.66 bits per heavy atom. The van der Waals surface area contributed by atoms with Crippen LogP contribution in [0, 0.1) is 5.41 Å². The fourth-order valence-electron chi connectivity index (χ4n) is 3.93. The molecule has 0 saturated carbocycles. The van der Waals surface area contributed by atoms with Gasteiger partial charge in [-0.1, -0.05) is 30.3 Å². The number of carboxylic acids is 1. The smallest absolute Gasteiger partial charge is 0.480 e. The van der Waals surface area contributed by atoms with Gasteiger partial charge in [0.05, 0.1) is 12.8 Å². The predicted molar refractivity (Wildman–Crippen MR) is 133 cm³/mol. The first-order valence-electron chi connectivity index (χ1n) is 11.5. The molecule has 0 radical (unpaired) electrons. The molecule has 1 saturated heterocycles. The van der Waals surface area contributed by atoms with Crippen LogP contribution in [0.3, 0.4) is 0 Å². The number of nitrogen functional groups attached to an aromatic ring is 1. The molecule has 1 fully saturated rings. The number of alkyl halides is 3. The Kier molecular flexibility index (Phi) is 9.00. The van der Waals surface area contributed by atoms with Crippen LogP contribution in [-0.2, 0) is 4.79 Å². The number of rotatable bonds is 5. The van der Waals surface area contributed by atoms with E-state index in [0.29, 0.717) is 30.5 Å². The fraction of sp³-hybridized carbons (Fsp3) is 0.269. The fourth-order valence-corrected chi connectivity index (χ4v) is 3.93. The predicted octanol–water partition coefficient (Wildman–Crippen LogP) is 4.09. The summed E-state index contributed by atoms with van der Waals surface area (Å²) >= 11 is 0. The Balaban J connectivity index is 0.000000505. The number of aromatic nitrogens is 2. The van der Waals surface area contributed by atoms with Crippen LogP contribution in [0.2, 0.25) is 0 Å². The number of carboxylic acid groups (broad SMARTS) is 1. The molecule has 4 rings (SSSR count). The van der Waals surface area contributed by atoms with Gasteiger partial charge < -0.3 is 20.5 Å². The normalized spacial score (nSPS) is 13.7. The number of amidine groups is 1. The summed E-state index contributed by atoms with van der Waals surface area (Å²) in [5.41, 5.74) is 9.85. The number of ether oxygens (including phenoxy) is 1. The number of nitrogens with zero attached hydrogens (tertiary/aromatic N) is 3. The van der Waals surface area contributed by atoms with Crippen LogP contribution >= 0.6 is 0 Å². The molecule has 0 aliphatic carbocycles. The largest absolute Gasteiger partial charge is 0.490 e. The molecule has 1 aliphatic heterocycles. The molecule has 9 nitrogen and oxygen atoms in total. The lowest BCUT2D eigenvalue weighted by Gasteiger charge is -2.32. The maximum atomic E-state index is 13.0. The maximum absolute atomic E-state index is 13.0. The van der Waals surface area contributed by atoms with E-state index in [1.54, 1.807) is 13.2 Å². The molecule has 12 heteroatoms. The van der Waals surface area contributed by atoms with Crippen molar-refractivity contribution in [2.45, 2.75) is 24.9 Å². The lowest BCUT2D eigenvalue weighted by molar-refractivity contribution is -0.192. The van der Waals surface area contributed by atoms with Crippen LogP contribution < -0.4 is 10.5 Å². The van der Waals surface area contributed by atoms with Crippen molar-refractivity contribution >= 4 is 17.7 Å². The number of piperidine rings is 1. The van der Waals surface area contributed by atoms with Crippen molar-refractivity contribution in [1.29, 1.82) is 5.41 Å². The maximum Gasteiger partial charge on any atom is 0.490 e. The average Bonchev–Trinajstić information content (AvgIpc) is 2.93. The summed E-state index contributed by atoms with van der Waals surface area (Å²) in [6.45, 7) is 1.42. The average molecular weight is 530 g/mol. The second kappa shape index (κ2) is 12.2. The highest BCUT2D eigenvalue weighted by molar-refractivity contribution is 5.95. The Labute approximate surface area is 216 Å². The van der Waals surface area contributed by atoms with Crippen LogP contribution in [0.15, 0.2) is 60.7 Å². The standard InChI is InChI=1S/C24H25N5O2.C2HF3O2/c1-31-22-10-9-21(27-28-22)17-5-7-18(8-6-17)24(30)29-13-11-16(12-14-29)19-3-2-4-20(15-19)23(25)26;3-2(4,5)1(6)7/h2-10,15-16H,11-14H2,1H3,(H3,25,26);(H,6,7). The summed E-state index contributed by atoms with van der Waals surface area (Å²) in [5, 5.41) is 22.9. The minimum Gasteiger partial charge on any atom is -0.480 e. The summed E-state index contributed by atoms with van der Waals surface area (Å²) in [5.74, 6) is -1.79. The molecular weight excluding hydrogens is 503 g/mol. The molecular formula is C26H26F3N5O4. The van der Waals surface area contributed by atoms with Gasteiger partial charge in [-0.05, 0) is 48.6 Å². The Morgan fingerprint density at radius 1 is 1.03 bits per heavy atom. The van der Waals surface area contributed by atoms with E-state index >= 15 is 0 Å². The van der Waals surface area contributed by atoms with E-state index in [4.69, 9.17) is 25.8 Å². The lowest BCUT2D eigenvalue weighted by atomic mass is 9.88. The van der Waals surface area contributed by atoms with Gasteiger partial charge in [0, 0.05) is 35.8 Å². The molecule has 1 amide bonds. The summed E-state index contributed by atoms with van der Waals surface area (Å²) < 4.78 is 36.8. The highest BCUT2D eigenvalue weighted by Crippen LogP contribution is 2.29. The van der Waals surface area contributed by atoms with Crippen LogP contribution in [-0.4, -0.2) is 64.3 Å². The Morgan fingerprint density at radius 3 is 2.16 bits per heavy atom. The lowest BCUT2D eigenvalue weighted by Crippen LogP contribution is -2.37. The number of amides is 1. The monoisotopic (exact) mass is 529 g/mol. The number of nitrogens with one attached hydrogen (secondary N) is 1. The number of aliphatic carboxylic acids is 1. The van der Waals surface area contributed by atoms with Crippen molar-refractivity contribution in [3.8, 4) is 17.1 Å². The number of likely N-dealkylation sites (tertiary alicyclic amines) is 1. The molecule has 1 aliphatic rings. The number of halogens is 3. The van der Waals surface area contributed by atoms with Crippen molar-refractivity contribution in [3.63, 3.8) is 0 Å². The topological polar surface area (TPSA) is 142 Å². The number of nitrogens with two attached hydrogens (primary N) is 1. The van der Waals surface area contributed by atoms with Crippen LogP contribution in [0.25, 0.3) is 11.3 Å². The number of carbonyl (C=O) groups excluding carboxylic acids is 1. The molecule has 0 unspecified atom stereocenters. The molecule has 3 aromatic rings. The third kappa shape index (κ3) is 7.28. The summed E-state index contributed by atoms with van der Waals surface area (Å²) in [4.78, 5) is 23.8. The van der Waals surface area contributed by atoms with Gasteiger partial charge in [-0.15, -0.1) is 10.2 Å². The van der Waals surface area contributed by atoms with E-state index in [-0.39, 0.29) is 11.7 Å². The molecule has 0 bridgehead atoms. The van der Waals surface area contributed by atoms with Crippen molar-refractivity contribution in [2.24, 2.45) is 5.73 Å². The minimum atomic E-state index is -5.08. The van der Waals surface area contributed by atoms with E-state index in [9.17, 15) is 18.0 Å². The number of hydrogen-bond acceptors (Lipinski definition) is 6. The van der Waals surface area contributed by atoms with Gasteiger partial charge >= 0.3 is 12.1 Å². The van der Waals surface area contributed by atoms with E-state index in [2.05, 4.69) is 16.3 Å². The number of benzene rings is 2. The first kappa shape index (κ1) is 28.1. The Hall–Kier alpha value is -4.48. The highest BCUT2D eigenvalue weighted by Gasteiger charge is 2.38.